The summed E-state index contributed by atoms with van der Waals surface area (Å²) >= 11 is 0. The highest BCUT2D eigenvalue weighted by Crippen LogP contribution is 1.74. The Morgan fingerprint density at radius 2 is 2.10 bits per heavy atom. The van der Waals surface area contributed by atoms with Crippen molar-refractivity contribution in [3.05, 3.63) is 0 Å². The van der Waals surface area contributed by atoms with Crippen molar-refractivity contribution in [2.45, 2.75) is 13.0 Å². The second-order valence-electron chi connectivity index (χ2n) is 2.57. The summed E-state index contributed by atoms with van der Waals surface area (Å²) in [6.45, 7) is 2.88. The van der Waals surface area contributed by atoms with Crippen LogP contribution >= 0.6 is 0 Å². The van der Waals surface area contributed by atoms with E-state index in [4.69, 9.17) is 0 Å². The van der Waals surface area contributed by atoms with Gasteiger partial charge in [0.05, 0.1) is 12.6 Å². The van der Waals surface area contributed by atoms with E-state index in [1.54, 1.807) is 0 Å². The van der Waals surface area contributed by atoms with Gasteiger partial charge in [-0.25, -0.2) is 0 Å². The Balaban J connectivity index is 3.48. The molecule has 0 spiro atoms. The zero-order valence-electron chi connectivity index (χ0n) is 7.23. The van der Waals surface area contributed by atoms with E-state index in [9.17, 15) is 0 Å². The highest BCUT2D eigenvalue weighted by molar-refractivity contribution is 5.06. The van der Waals surface area contributed by atoms with E-state index in [2.05, 4.69) is 22.1 Å². The summed E-state index contributed by atoms with van der Waals surface area (Å²) in [6.07, 6.45) is 0. The van der Waals surface area contributed by atoms with Gasteiger partial charge in [0.15, 0.2) is 0 Å². The minimum absolute atomic E-state index is 0.306. The Morgan fingerprint density at radius 3 is 2.50 bits per heavy atom. The highest BCUT2D eigenvalue weighted by Gasteiger charge is 1.86. The van der Waals surface area contributed by atoms with Crippen LogP contribution in [0.1, 0.15) is 6.92 Å². The van der Waals surface area contributed by atoms with Crippen molar-refractivity contribution in [1.29, 1.82) is 0 Å². The molecule has 0 aliphatic rings. The molecule has 0 aromatic rings. The molecule has 0 aromatic carbocycles. The van der Waals surface area contributed by atoms with Gasteiger partial charge in [-0.2, -0.15) is 0 Å². The second kappa shape index (κ2) is 5.28. The van der Waals surface area contributed by atoms with E-state index in [1.807, 2.05) is 28.1 Å². The predicted molar refractivity (Wildman–Crippen MR) is 44.9 cm³/mol. The van der Waals surface area contributed by atoms with Crippen molar-refractivity contribution in [2.24, 2.45) is 0 Å². The first kappa shape index (κ1) is 9.48. The van der Waals surface area contributed by atoms with Gasteiger partial charge in [0, 0.05) is 0 Å². The summed E-state index contributed by atoms with van der Waals surface area (Å²) in [5.41, 5.74) is 0. The first-order valence-corrected chi connectivity index (χ1v) is 3.47. The highest BCUT2D eigenvalue weighted by atomic mass is 15.0. The maximum absolute atomic E-state index is 3.06. The number of nitrogens with zero attached hydrogens (tertiary/aromatic N) is 1. The van der Waals surface area contributed by atoms with E-state index >= 15 is 0 Å². The molecule has 0 aliphatic carbocycles. The number of hydrogen-bond acceptors (Lipinski definition) is 2. The molecule has 0 amide bonds. The van der Waals surface area contributed by atoms with Gasteiger partial charge in [0.1, 0.15) is 0 Å². The zero-order chi connectivity index (χ0) is 7.98. The third-order valence-electron chi connectivity index (χ3n) is 1.15. The summed E-state index contributed by atoms with van der Waals surface area (Å²) < 4.78 is 0. The zero-order valence-corrected chi connectivity index (χ0v) is 7.23. The largest absolute Gasteiger partial charge is 0.307 e. The number of rotatable bonds is 2. The van der Waals surface area contributed by atoms with E-state index in [-0.39, 0.29) is 0 Å². The van der Waals surface area contributed by atoms with Gasteiger partial charge in [-0.3, -0.25) is 4.90 Å². The Labute approximate surface area is 63.6 Å². The van der Waals surface area contributed by atoms with E-state index in [1.165, 1.54) is 0 Å². The molecule has 0 radical (unpaired) electrons. The molecule has 0 aromatic heterocycles. The molecule has 2 nitrogen and oxygen atoms in total. The molecule has 1 atom stereocenters. The maximum Gasteiger partial charge on any atom is 0.0659 e. The van der Waals surface area contributed by atoms with Crippen molar-refractivity contribution in [1.82, 2.24) is 10.2 Å². The lowest BCUT2D eigenvalue weighted by atomic mass is 10.3. The van der Waals surface area contributed by atoms with Crippen molar-refractivity contribution >= 4 is 0 Å². The lowest BCUT2D eigenvalue weighted by Gasteiger charge is -2.02. The van der Waals surface area contributed by atoms with Gasteiger partial charge in [0.25, 0.3) is 0 Å². The van der Waals surface area contributed by atoms with Crippen molar-refractivity contribution in [3.8, 4) is 11.8 Å². The van der Waals surface area contributed by atoms with Gasteiger partial charge < -0.3 is 5.32 Å². The Kier molecular flexibility index (Phi) is 5.00. The molecule has 0 saturated heterocycles. The summed E-state index contributed by atoms with van der Waals surface area (Å²) in [4.78, 5) is 2.05. The molecule has 1 unspecified atom stereocenters. The fourth-order valence-electron chi connectivity index (χ4n) is 0.429. The van der Waals surface area contributed by atoms with Crippen LogP contribution < -0.4 is 5.32 Å². The standard InChI is InChI=1S/C8H16N2/c1-8(9-2)6-5-7-10(3)4/h8-9H,7H2,1-4H3. The molecule has 0 saturated carbocycles. The fourth-order valence-corrected chi connectivity index (χ4v) is 0.429. The molecule has 0 bridgehead atoms. The van der Waals surface area contributed by atoms with Gasteiger partial charge in [-0.1, -0.05) is 11.8 Å². The van der Waals surface area contributed by atoms with Crippen LogP contribution in [-0.4, -0.2) is 38.6 Å². The Hall–Kier alpha value is -0.520. The third kappa shape index (κ3) is 5.61. The van der Waals surface area contributed by atoms with Crippen LogP contribution in [-0.2, 0) is 0 Å². The minimum atomic E-state index is 0.306. The fraction of sp³-hybridized carbons (Fsp3) is 0.750. The van der Waals surface area contributed by atoms with Crippen molar-refractivity contribution < 1.29 is 0 Å². The lowest BCUT2D eigenvalue weighted by Crippen LogP contribution is -2.19. The van der Waals surface area contributed by atoms with E-state index in [0.717, 1.165) is 6.54 Å². The predicted octanol–water partition coefficient (Wildman–Crippen LogP) is 0.159. The molecular formula is C8H16N2. The average Bonchev–Trinajstić information content (AvgIpc) is 1.87. The van der Waals surface area contributed by atoms with Crippen LogP contribution in [0, 0.1) is 11.8 Å². The normalized spacial score (nSPS) is 12.5. The number of hydrogen-bond donors (Lipinski definition) is 1. The number of nitrogens with one attached hydrogen (secondary N) is 1. The molecule has 0 rings (SSSR count). The van der Waals surface area contributed by atoms with Crippen LogP contribution in [0.5, 0.6) is 0 Å². The summed E-state index contributed by atoms with van der Waals surface area (Å²) in [7, 11) is 5.94. The van der Waals surface area contributed by atoms with E-state index in [0.29, 0.717) is 6.04 Å². The van der Waals surface area contributed by atoms with E-state index < -0.39 is 0 Å². The smallest absolute Gasteiger partial charge is 0.0659 e. The van der Waals surface area contributed by atoms with Crippen LogP contribution in [0.2, 0.25) is 0 Å². The summed E-state index contributed by atoms with van der Waals surface area (Å²) in [6, 6.07) is 0.306. The topological polar surface area (TPSA) is 15.3 Å². The monoisotopic (exact) mass is 140 g/mol. The molecule has 2 heteroatoms. The first-order chi connectivity index (χ1) is 4.66. The molecule has 0 fully saturated rings. The Morgan fingerprint density at radius 1 is 1.50 bits per heavy atom. The quantitative estimate of drug-likeness (QED) is 0.550. The minimum Gasteiger partial charge on any atom is -0.307 e. The van der Waals surface area contributed by atoms with Crippen LogP contribution in [0.4, 0.5) is 0 Å². The molecule has 0 heterocycles. The van der Waals surface area contributed by atoms with Crippen LogP contribution in [0.25, 0.3) is 0 Å². The molecule has 58 valence electrons. The molecule has 1 N–H and O–H groups in total. The summed E-state index contributed by atoms with van der Waals surface area (Å²) in [5, 5.41) is 3.05. The first-order valence-electron chi connectivity index (χ1n) is 3.47. The lowest BCUT2D eigenvalue weighted by molar-refractivity contribution is 0.463. The van der Waals surface area contributed by atoms with Crippen LogP contribution in [0.15, 0.2) is 0 Å². The van der Waals surface area contributed by atoms with Crippen molar-refractivity contribution in [3.63, 3.8) is 0 Å². The van der Waals surface area contributed by atoms with Crippen LogP contribution in [0.3, 0.4) is 0 Å². The molecule has 10 heavy (non-hydrogen) atoms. The second-order valence-corrected chi connectivity index (χ2v) is 2.57. The summed E-state index contributed by atoms with van der Waals surface area (Å²) in [5.74, 6) is 6.11. The molecule has 0 aliphatic heterocycles. The Bertz CT molecular complexity index is 130. The maximum atomic E-state index is 3.06. The van der Waals surface area contributed by atoms with Gasteiger partial charge in [-0.05, 0) is 28.1 Å². The van der Waals surface area contributed by atoms with Gasteiger partial charge in [-0.15, -0.1) is 0 Å². The molecular weight excluding hydrogens is 124 g/mol. The van der Waals surface area contributed by atoms with Gasteiger partial charge >= 0.3 is 0 Å². The average molecular weight is 140 g/mol. The third-order valence-corrected chi connectivity index (χ3v) is 1.15. The van der Waals surface area contributed by atoms with Gasteiger partial charge in [0.2, 0.25) is 0 Å². The van der Waals surface area contributed by atoms with Crippen molar-refractivity contribution in [2.75, 3.05) is 27.7 Å². The SMILES string of the molecule is CNC(C)C#CCN(C)C.